The molecule has 8 heteroatoms. The van der Waals surface area contributed by atoms with Crippen LogP contribution in [0.4, 0.5) is 10.5 Å². The van der Waals surface area contributed by atoms with Crippen LogP contribution in [0.25, 0.3) is 0 Å². The zero-order valence-corrected chi connectivity index (χ0v) is 14.7. The maximum Gasteiger partial charge on any atom is 0.332 e. The third-order valence-electron chi connectivity index (χ3n) is 4.77. The van der Waals surface area contributed by atoms with Gasteiger partial charge in [0.05, 0.1) is 25.1 Å². The molecular weight excluding hydrogens is 350 g/mol. The number of benzene rings is 1. The van der Waals surface area contributed by atoms with Gasteiger partial charge in [-0.05, 0) is 43.2 Å². The number of ether oxygens (including phenoxy) is 2. The van der Waals surface area contributed by atoms with E-state index in [-0.39, 0.29) is 0 Å². The predicted molar refractivity (Wildman–Crippen MR) is 95.9 cm³/mol. The van der Waals surface area contributed by atoms with E-state index in [0.717, 1.165) is 10.6 Å². The lowest BCUT2D eigenvalue weighted by molar-refractivity contribution is -0.124. The Morgan fingerprint density at radius 1 is 1.11 bits per heavy atom. The molecule has 4 rings (SSSR count). The Kier molecular flexibility index (Phi) is 4.41. The third-order valence-corrected chi connectivity index (χ3v) is 4.77. The van der Waals surface area contributed by atoms with Crippen molar-refractivity contribution in [1.29, 1.82) is 0 Å². The molecule has 3 amide bonds. The summed E-state index contributed by atoms with van der Waals surface area (Å²) in [6.07, 6.45) is 1.78. The molecule has 27 heavy (non-hydrogen) atoms. The van der Waals surface area contributed by atoms with Gasteiger partial charge in [0.1, 0.15) is 17.5 Å². The lowest BCUT2D eigenvalue weighted by atomic mass is 10.00. The topological polar surface area (TPSA) is 92.2 Å². The number of carbonyl (C=O) groups excluding carboxylic acids is 2. The predicted octanol–water partition coefficient (Wildman–Crippen LogP) is 2.17. The fourth-order valence-corrected chi connectivity index (χ4v) is 3.41. The number of hydrogen-bond acceptors (Lipinski definition) is 6. The minimum Gasteiger partial charge on any atom is -0.497 e. The summed E-state index contributed by atoms with van der Waals surface area (Å²) in [4.78, 5) is 31.9. The number of pyridine rings is 1. The van der Waals surface area contributed by atoms with Crippen LogP contribution >= 0.6 is 0 Å². The van der Waals surface area contributed by atoms with Crippen molar-refractivity contribution < 1.29 is 24.2 Å². The number of aromatic nitrogens is 1. The van der Waals surface area contributed by atoms with E-state index in [9.17, 15) is 14.7 Å². The van der Waals surface area contributed by atoms with Crippen LogP contribution in [0.2, 0.25) is 0 Å². The first-order chi connectivity index (χ1) is 13.1. The van der Waals surface area contributed by atoms with Crippen LogP contribution in [0, 0.1) is 0 Å². The standard InChI is InChI=1S/C19H19N3O5/c1-26-13-5-7-14(8-6-13)27-16-9-4-12(11-20-16)22-18(24)17-15(23)3-2-10-21(17)19(22)25/h4-9,11,15,17,23H,2-3,10H2,1H3. The smallest absolute Gasteiger partial charge is 0.332 e. The van der Waals surface area contributed by atoms with Crippen LogP contribution in [-0.2, 0) is 4.79 Å². The molecule has 140 valence electrons. The molecule has 2 fully saturated rings. The number of imide groups is 1. The van der Waals surface area contributed by atoms with E-state index in [1.165, 1.54) is 11.1 Å². The van der Waals surface area contributed by atoms with Crippen LogP contribution in [0.5, 0.6) is 17.4 Å². The Hall–Kier alpha value is -3.13. The first-order valence-electron chi connectivity index (χ1n) is 8.69. The number of methoxy groups -OCH3 is 1. The molecule has 2 aromatic rings. The van der Waals surface area contributed by atoms with Gasteiger partial charge < -0.3 is 19.5 Å². The molecule has 0 aliphatic carbocycles. The molecule has 0 radical (unpaired) electrons. The summed E-state index contributed by atoms with van der Waals surface area (Å²) in [5, 5.41) is 10.1. The van der Waals surface area contributed by atoms with Crippen LogP contribution in [0.1, 0.15) is 12.8 Å². The fourth-order valence-electron chi connectivity index (χ4n) is 3.41. The first-order valence-corrected chi connectivity index (χ1v) is 8.69. The largest absolute Gasteiger partial charge is 0.497 e. The Balaban J connectivity index is 1.51. The fraction of sp³-hybridized carbons (Fsp3) is 0.316. The lowest BCUT2D eigenvalue weighted by Crippen LogP contribution is -2.48. The van der Waals surface area contributed by atoms with E-state index in [1.54, 1.807) is 43.5 Å². The Bertz CT molecular complexity index is 853. The number of fused-ring (bicyclic) bond motifs is 1. The summed E-state index contributed by atoms with van der Waals surface area (Å²) in [6, 6.07) is 9.01. The summed E-state index contributed by atoms with van der Waals surface area (Å²) in [5.41, 5.74) is 0.355. The highest BCUT2D eigenvalue weighted by Gasteiger charge is 2.50. The number of anilines is 1. The molecule has 8 nitrogen and oxygen atoms in total. The van der Waals surface area contributed by atoms with Crippen LogP contribution in [0.3, 0.4) is 0 Å². The van der Waals surface area contributed by atoms with Crippen molar-refractivity contribution >= 4 is 17.6 Å². The highest BCUT2D eigenvalue weighted by molar-refractivity contribution is 6.21. The number of carbonyl (C=O) groups is 2. The summed E-state index contributed by atoms with van der Waals surface area (Å²) < 4.78 is 10.8. The number of rotatable bonds is 4. The monoisotopic (exact) mass is 369 g/mol. The maximum atomic E-state index is 12.6. The van der Waals surface area contributed by atoms with Gasteiger partial charge in [0.15, 0.2) is 0 Å². The van der Waals surface area contributed by atoms with E-state index >= 15 is 0 Å². The van der Waals surface area contributed by atoms with Crippen molar-refractivity contribution in [2.24, 2.45) is 0 Å². The molecule has 3 heterocycles. The third kappa shape index (κ3) is 3.08. The van der Waals surface area contributed by atoms with E-state index in [4.69, 9.17) is 9.47 Å². The summed E-state index contributed by atoms with van der Waals surface area (Å²) in [6.45, 7) is 0.467. The zero-order valence-electron chi connectivity index (χ0n) is 14.7. The van der Waals surface area contributed by atoms with Crippen molar-refractivity contribution in [2.75, 3.05) is 18.6 Å². The van der Waals surface area contributed by atoms with Gasteiger partial charge in [-0.1, -0.05) is 0 Å². The minimum atomic E-state index is -0.828. The minimum absolute atomic E-state index is 0.334. The van der Waals surface area contributed by atoms with Crippen LogP contribution in [-0.4, -0.2) is 52.7 Å². The highest BCUT2D eigenvalue weighted by atomic mass is 16.5. The average Bonchev–Trinajstić information content (AvgIpc) is 2.95. The Morgan fingerprint density at radius 2 is 1.85 bits per heavy atom. The average molecular weight is 369 g/mol. The van der Waals surface area contributed by atoms with Gasteiger partial charge in [-0.2, -0.15) is 0 Å². The first kappa shape index (κ1) is 17.3. The van der Waals surface area contributed by atoms with Gasteiger partial charge in [0.2, 0.25) is 5.88 Å². The van der Waals surface area contributed by atoms with Gasteiger partial charge in [0.25, 0.3) is 5.91 Å². The number of piperidine rings is 1. The van der Waals surface area contributed by atoms with Crippen molar-refractivity contribution in [2.45, 2.75) is 25.0 Å². The van der Waals surface area contributed by atoms with E-state index in [0.29, 0.717) is 36.7 Å². The molecule has 1 aromatic carbocycles. The van der Waals surface area contributed by atoms with Gasteiger partial charge >= 0.3 is 6.03 Å². The van der Waals surface area contributed by atoms with Crippen molar-refractivity contribution in [1.82, 2.24) is 9.88 Å². The summed E-state index contributed by atoms with van der Waals surface area (Å²) >= 11 is 0. The zero-order chi connectivity index (χ0) is 19.0. The number of aliphatic hydroxyl groups excluding tert-OH is 1. The maximum absolute atomic E-state index is 12.6. The SMILES string of the molecule is COc1ccc(Oc2ccc(N3C(=O)C4C(O)CCCN4C3=O)cn2)cc1. The van der Waals surface area contributed by atoms with E-state index in [2.05, 4.69) is 4.98 Å². The number of hydrogen-bond donors (Lipinski definition) is 1. The number of nitrogens with zero attached hydrogens (tertiary/aromatic N) is 3. The second-order valence-corrected chi connectivity index (χ2v) is 6.44. The molecule has 2 aliphatic heterocycles. The molecule has 0 saturated carbocycles. The lowest BCUT2D eigenvalue weighted by Gasteiger charge is -2.30. The second-order valence-electron chi connectivity index (χ2n) is 6.44. The van der Waals surface area contributed by atoms with Crippen molar-refractivity contribution in [3.8, 4) is 17.4 Å². The molecule has 2 atom stereocenters. The Labute approximate surface area is 155 Å². The van der Waals surface area contributed by atoms with Gasteiger partial charge in [-0.3, -0.25) is 4.79 Å². The van der Waals surface area contributed by atoms with Crippen molar-refractivity contribution in [3.63, 3.8) is 0 Å². The molecule has 2 saturated heterocycles. The highest BCUT2D eigenvalue weighted by Crippen LogP contribution is 2.31. The van der Waals surface area contributed by atoms with Crippen molar-refractivity contribution in [3.05, 3.63) is 42.6 Å². The molecule has 2 unspecified atom stereocenters. The normalized spacial score (nSPS) is 22.0. The number of urea groups is 1. The van der Waals surface area contributed by atoms with Gasteiger partial charge in [-0.15, -0.1) is 0 Å². The van der Waals surface area contributed by atoms with Crippen LogP contribution in [0.15, 0.2) is 42.6 Å². The second kappa shape index (κ2) is 6.88. The number of aliphatic hydroxyl groups is 1. The summed E-state index contributed by atoms with van der Waals surface area (Å²) in [5.74, 6) is 1.22. The molecule has 0 bridgehead atoms. The van der Waals surface area contributed by atoms with Crippen LogP contribution < -0.4 is 14.4 Å². The van der Waals surface area contributed by atoms with Gasteiger partial charge in [-0.25, -0.2) is 14.7 Å². The van der Waals surface area contributed by atoms with E-state index < -0.39 is 24.1 Å². The molecule has 2 aliphatic rings. The van der Waals surface area contributed by atoms with E-state index in [1.807, 2.05) is 0 Å². The van der Waals surface area contributed by atoms with Gasteiger partial charge in [0, 0.05) is 12.6 Å². The molecular formula is C19H19N3O5. The molecule has 0 spiro atoms. The quantitative estimate of drug-likeness (QED) is 0.831. The molecule has 1 N–H and O–H groups in total. The number of amides is 3. The molecule has 1 aromatic heterocycles. The Morgan fingerprint density at radius 3 is 2.48 bits per heavy atom. The summed E-state index contributed by atoms with van der Waals surface area (Å²) in [7, 11) is 1.59.